The average Bonchev–Trinajstić information content (AvgIpc) is 2.15. The second-order valence-corrected chi connectivity index (χ2v) is 8.44. The summed E-state index contributed by atoms with van der Waals surface area (Å²) in [5, 5.41) is 0. The summed E-state index contributed by atoms with van der Waals surface area (Å²) < 4.78 is 42.7. The van der Waals surface area contributed by atoms with Gasteiger partial charge >= 0.3 is 22.8 Å². The lowest BCUT2D eigenvalue weighted by Gasteiger charge is -2.20. The first-order chi connectivity index (χ1) is 7.96. The van der Waals surface area contributed by atoms with Crippen molar-refractivity contribution in [2.45, 2.75) is 0 Å². The fourth-order valence-electron chi connectivity index (χ4n) is 0.671. The monoisotopic (exact) mass is 318 g/mol. The molecule has 0 radical (unpaired) electrons. The van der Waals surface area contributed by atoms with Gasteiger partial charge < -0.3 is 19.2 Å². The van der Waals surface area contributed by atoms with Crippen LogP contribution in [0.2, 0.25) is 0 Å². The Morgan fingerprint density at radius 1 is 1.17 bits per heavy atom. The second-order valence-electron chi connectivity index (χ2n) is 2.94. The maximum absolute atomic E-state index is 11.9. The molecule has 2 unspecified atom stereocenters. The Bertz CT molecular complexity index is 489. The zero-order valence-corrected chi connectivity index (χ0v) is 11.9. The summed E-state index contributed by atoms with van der Waals surface area (Å²) >= 11 is 0. The molecule has 3 N–H and O–H groups in total. The van der Waals surface area contributed by atoms with Crippen LogP contribution in [0.3, 0.4) is 0 Å². The Morgan fingerprint density at radius 2 is 1.67 bits per heavy atom. The summed E-state index contributed by atoms with van der Waals surface area (Å²) in [6.07, 6.45) is 0.501. The van der Waals surface area contributed by atoms with Crippen LogP contribution in [0.25, 0.3) is 0 Å². The van der Waals surface area contributed by atoms with Gasteiger partial charge in [0.05, 0.1) is 6.16 Å². The van der Waals surface area contributed by atoms with Crippen molar-refractivity contribution in [3.05, 3.63) is 37.1 Å². The van der Waals surface area contributed by atoms with Crippen LogP contribution < -0.4 is 0 Å². The molecule has 0 rings (SSSR count). The van der Waals surface area contributed by atoms with Crippen LogP contribution in [0.15, 0.2) is 37.1 Å². The van der Waals surface area contributed by atoms with E-state index in [9.17, 15) is 13.7 Å². The predicted molar refractivity (Wildman–Crippen MR) is 66.0 cm³/mol. The molecular weight excluding hydrogens is 305 g/mol. The summed E-state index contributed by atoms with van der Waals surface area (Å²) in [6, 6.07) is 0. The molecule has 0 bridgehead atoms. The van der Waals surface area contributed by atoms with Crippen LogP contribution in [0, 0.1) is 0 Å². The minimum atomic E-state index is -4.85. The van der Waals surface area contributed by atoms with E-state index in [1.165, 1.54) is 0 Å². The zero-order chi connectivity index (χ0) is 14.6. The molecule has 2 atom stereocenters. The van der Waals surface area contributed by atoms with Gasteiger partial charge in [0, 0.05) is 5.82 Å². The highest BCUT2D eigenvalue weighted by molar-refractivity contribution is 7.69. The normalized spacial score (nSPS) is 18.2. The van der Waals surface area contributed by atoms with Crippen molar-refractivity contribution in [3.8, 4) is 0 Å². The molecule has 11 heteroatoms. The summed E-state index contributed by atoms with van der Waals surface area (Å²) in [5.74, 6) is 0.506. The van der Waals surface area contributed by atoms with Crippen molar-refractivity contribution in [3.63, 3.8) is 0 Å². The van der Waals surface area contributed by atoms with Gasteiger partial charge in [-0.1, -0.05) is 12.7 Å². The highest BCUT2D eigenvalue weighted by Gasteiger charge is 2.37. The Morgan fingerprint density at radius 3 is 2.00 bits per heavy atom. The first kappa shape index (κ1) is 17.6. The zero-order valence-electron chi connectivity index (χ0n) is 9.21. The van der Waals surface area contributed by atoms with Crippen LogP contribution in [-0.4, -0.2) is 20.8 Å². The number of hydrogen-bond donors (Lipinski definition) is 3. The van der Waals surface area contributed by atoms with Crippen molar-refractivity contribution in [2.24, 2.45) is 0 Å². The second kappa shape index (κ2) is 6.13. The number of allylic oxidation sites excluding steroid dienone is 1. The molecule has 0 saturated carbocycles. The smallest absolute Gasteiger partial charge is 0.390 e. The summed E-state index contributed by atoms with van der Waals surface area (Å²) in [6.45, 7) is 9.09. The van der Waals surface area contributed by atoms with Gasteiger partial charge in [-0.25, -0.2) is 8.88 Å². The average molecular weight is 318 g/mol. The maximum atomic E-state index is 11.9. The van der Waals surface area contributed by atoms with Crippen LogP contribution >= 0.6 is 22.8 Å². The molecule has 0 saturated heterocycles. The first-order valence-corrected chi connectivity index (χ1v) is 9.26. The summed E-state index contributed by atoms with van der Waals surface area (Å²) in [5.41, 5.74) is -1.13. The van der Waals surface area contributed by atoms with E-state index in [-0.39, 0.29) is 0 Å². The third kappa shape index (κ3) is 5.94. The number of rotatable bonds is 8. The highest BCUT2D eigenvalue weighted by atomic mass is 31.3. The molecule has 104 valence electrons. The van der Waals surface area contributed by atoms with Gasteiger partial charge in [-0.15, -0.1) is 6.58 Å². The molecule has 0 aromatic rings. The van der Waals surface area contributed by atoms with Crippen molar-refractivity contribution < 1.29 is 37.2 Å². The molecule has 0 spiro atoms. The Hall–Kier alpha value is -0.450. The summed E-state index contributed by atoms with van der Waals surface area (Å²) in [7, 11) is -13.6. The molecule has 0 aliphatic rings. The molecule has 0 fully saturated rings. The van der Waals surface area contributed by atoms with Gasteiger partial charge in [0.25, 0.3) is 0 Å². The van der Waals surface area contributed by atoms with E-state index in [0.29, 0.717) is 5.82 Å². The van der Waals surface area contributed by atoms with Gasteiger partial charge in [-0.3, -0.25) is 9.13 Å². The minimum Gasteiger partial charge on any atom is -0.416 e. The van der Waals surface area contributed by atoms with E-state index in [0.717, 1.165) is 6.08 Å². The van der Waals surface area contributed by atoms with Crippen molar-refractivity contribution in [1.82, 2.24) is 0 Å². The molecule has 18 heavy (non-hydrogen) atoms. The molecule has 0 amide bonds. The van der Waals surface area contributed by atoms with Gasteiger partial charge in [0.2, 0.25) is 5.50 Å². The van der Waals surface area contributed by atoms with E-state index < -0.39 is 34.4 Å². The quantitative estimate of drug-likeness (QED) is 0.353. The van der Waals surface area contributed by atoms with Gasteiger partial charge in [-0.05, 0) is 6.58 Å². The van der Waals surface area contributed by atoms with Gasteiger partial charge in [0.15, 0.2) is 0 Å². The third-order valence-corrected chi connectivity index (χ3v) is 5.88. The lowest BCUT2D eigenvalue weighted by molar-refractivity contribution is 0.300. The fourth-order valence-corrected chi connectivity index (χ4v) is 4.27. The molecule has 8 nitrogen and oxygen atoms in total. The molecule has 0 heterocycles. The van der Waals surface area contributed by atoms with Crippen molar-refractivity contribution in [1.29, 1.82) is 0 Å². The number of hydrogen-bond acceptors (Lipinski definition) is 5. The van der Waals surface area contributed by atoms with Gasteiger partial charge in [-0.2, -0.15) is 0 Å². The molecule has 0 aliphatic heterocycles. The first-order valence-electron chi connectivity index (χ1n) is 4.28. The van der Waals surface area contributed by atoms with E-state index in [1.54, 1.807) is 0 Å². The summed E-state index contributed by atoms with van der Waals surface area (Å²) in [4.78, 5) is 26.5. The van der Waals surface area contributed by atoms with E-state index in [2.05, 4.69) is 28.6 Å². The van der Waals surface area contributed by atoms with Crippen LogP contribution in [-0.2, 0) is 22.5 Å². The lowest BCUT2D eigenvalue weighted by Crippen LogP contribution is -1.98. The fraction of sp³-hybridized carbons (Fsp3) is 0.143. The van der Waals surface area contributed by atoms with Gasteiger partial charge in [0.1, 0.15) is 0 Å². The molecule has 0 aromatic carbocycles. The molecule has 0 aliphatic carbocycles. The van der Waals surface area contributed by atoms with Crippen molar-refractivity contribution >= 4 is 22.8 Å². The minimum absolute atomic E-state index is 0.506. The van der Waals surface area contributed by atoms with E-state index in [4.69, 9.17) is 14.7 Å². The Kier molecular flexibility index (Phi) is 5.98. The highest BCUT2D eigenvalue weighted by Crippen LogP contribution is 2.66. The van der Waals surface area contributed by atoms with E-state index in [1.807, 2.05) is 0 Å². The standard InChI is InChI=1S/C7H13O8P3/c1-4-6-17(10,15-16(8,9)5-2)14-7(3)18(11,12)13/h4-5H,1-3,6H2,(H,8,9)(H2,11,12,13). The van der Waals surface area contributed by atoms with E-state index >= 15 is 0 Å². The third-order valence-electron chi connectivity index (χ3n) is 1.39. The van der Waals surface area contributed by atoms with Crippen molar-refractivity contribution in [2.75, 3.05) is 6.16 Å². The Balaban J connectivity index is 5.18. The molecular formula is C7H13O8P3. The maximum Gasteiger partial charge on any atom is 0.390 e. The lowest BCUT2D eigenvalue weighted by atomic mass is 10.8. The van der Waals surface area contributed by atoms with Crippen LogP contribution in [0.4, 0.5) is 0 Å². The molecule has 0 aromatic heterocycles. The van der Waals surface area contributed by atoms with Crippen LogP contribution in [0.1, 0.15) is 0 Å². The largest absolute Gasteiger partial charge is 0.416 e. The SMILES string of the molecule is C=CCP(=O)(OC(=C)P(=O)(O)O)OP(=O)(O)C=C. The Labute approximate surface area is 104 Å². The topological polar surface area (TPSA) is 130 Å². The predicted octanol–water partition coefficient (Wildman–Crippen LogP) is 2.38. The van der Waals surface area contributed by atoms with Crippen LogP contribution in [0.5, 0.6) is 0 Å².